The van der Waals surface area contributed by atoms with Gasteiger partial charge in [0.15, 0.2) is 11.6 Å². The smallest absolute Gasteiger partial charge is 0.228 e. The summed E-state index contributed by atoms with van der Waals surface area (Å²) in [5.41, 5.74) is 6.68. The molecule has 11 heteroatoms. The Morgan fingerprint density at radius 1 is 1.13 bits per heavy atom. The molecule has 3 aromatic carbocycles. The monoisotopic (exact) mass is 568 g/mol. The normalized spacial score (nSPS) is 22.0. The maximum absolute atomic E-state index is 16.5. The van der Waals surface area contributed by atoms with E-state index in [9.17, 15) is 9.32 Å². The van der Waals surface area contributed by atoms with Crippen LogP contribution in [0.2, 0.25) is 5.02 Å². The molecule has 4 aromatic rings. The molecule has 0 aliphatic carbocycles. The van der Waals surface area contributed by atoms with Crippen molar-refractivity contribution in [1.29, 1.82) is 0 Å². The van der Waals surface area contributed by atoms with Crippen molar-refractivity contribution in [2.45, 2.75) is 24.9 Å². The molecule has 2 aliphatic rings. The fourth-order valence-corrected chi connectivity index (χ4v) is 7.72. The number of likely N-dealkylation sites (N-methyl/N-ethyl adjacent to an activating group) is 1. The molecule has 39 heavy (non-hydrogen) atoms. The Kier molecular flexibility index (Phi) is 6.61. The van der Waals surface area contributed by atoms with Crippen LogP contribution in [-0.4, -0.2) is 75.0 Å². The summed E-state index contributed by atoms with van der Waals surface area (Å²) in [4.78, 5) is 13.4. The molecule has 0 unspecified atom stereocenters. The number of hydrogen-bond donors (Lipinski definition) is 2. The molecule has 0 spiro atoms. The number of aromatic hydroxyl groups is 1. The van der Waals surface area contributed by atoms with Crippen LogP contribution in [0.5, 0.6) is 5.75 Å². The van der Waals surface area contributed by atoms with Gasteiger partial charge in [-0.1, -0.05) is 35.9 Å². The number of anilines is 1. The molecule has 3 N–H and O–H groups in total. The lowest BCUT2D eigenvalue weighted by molar-refractivity contribution is 0.245. The number of nitrogens with two attached hydrogens (primary N) is 1. The Hall–Kier alpha value is -3.05. The van der Waals surface area contributed by atoms with Crippen molar-refractivity contribution in [2.24, 2.45) is 10.1 Å². The standard InChI is InChI=1S/C28H30ClFN6O2S/c1-35(2)18-14-36(15-18)28-32-26-22(27(33-28)34-39(38)9-7-17(31)8-10-39)13-23(29)24(25(26)30)21-12-19(37)11-16-5-3-4-6-20(16)21/h3-6,11-13,17-18,37H,7-10,14-15,31H2,1-2H3/t17-,39-. The minimum absolute atomic E-state index is 0.000962. The molecule has 6 rings (SSSR count). The number of aromatic nitrogens is 2. The van der Waals surface area contributed by atoms with Crippen LogP contribution < -0.4 is 10.6 Å². The molecule has 0 atom stereocenters. The van der Waals surface area contributed by atoms with Crippen LogP contribution in [0.3, 0.4) is 0 Å². The number of halogens is 2. The van der Waals surface area contributed by atoms with Crippen LogP contribution in [0.15, 0.2) is 46.8 Å². The summed E-state index contributed by atoms with van der Waals surface area (Å²) in [7, 11) is 1.40. The number of phenolic OH excluding ortho intramolecular Hbond substituents is 1. The molecule has 2 aliphatic heterocycles. The zero-order valence-corrected chi connectivity index (χ0v) is 23.3. The van der Waals surface area contributed by atoms with E-state index in [0.717, 1.165) is 10.8 Å². The fourth-order valence-electron chi connectivity index (χ4n) is 5.24. The van der Waals surface area contributed by atoms with Crippen molar-refractivity contribution >= 4 is 54.8 Å². The minimum atomic E-state index is -2.62. The number of nitrogens with zero attached hydrogens (tertiary/aromatic N) is 5. The lowest BCUT2D eigenvalue weighted by atomic mass is 9.96. The van der Waals surface area contributed by atoms with Gasteiger partial charge in [0, 0.05) is 42.2 Å². The summed E-state index contributed by atoms with van der Waals surface area (Å²) in [6, 6.07) is 12.5. The van der Waals surface area contributed by atoms with Gasteiger partial charge in [-0.05, 0) is 61.5 Å². The van der Waals surface area contributed by atoms with Gasteiger partial charge in [-0.2, -0.15) is 9.35 Å². The molecule has 204 valence electrons. The van der Waals surface area contributed by atoms with Gasteiger partial charge in [0.25, 0.3) is 0 Å². The number of benzene rings is 3. The van der Waals surface area contributed by atoms with Crippen molar-refractivity contribution in [3.63, 3.8) is 0 Å². The van der Waals surface area contributed by atoms with Gasteiger partial charge in [0.2, 0.25) is 5.95 Å². The minimum Gasteiger partial charge on any atom is -0.508 e. The third kappa shape index (κ3) is 4.80. The lowest BCUT2D eigenvalue weighted by Crippen LogP contribution is -2.58. The van der Waals surface area contributed by atoms with E-state index >= 15 is 4.39 Å². The van der Waals surface area contributed by atoms with Crippen molar-refractivity contribution in [1.82, 2.24) is 14.9 Å². The highest BCUT2D eigenvalue weighted by Gasteiger charge is 2.32. The van der Waals surface area contributed by atoms with E-state index < -0.39 is 15.5 Å². The van der Waals surface area contributed by atoms with Crippen molar-refractivity contribution in [3.05, 3.63) is 53.3 Å². The van der Waals surface area contributed by atoms with Gasteiger partial charge in [0.1, 0.15) is 11.3 Å². The summed E-state index contributed by atoms with van der Waals surface area (Å²) >= 11 is 6.74. The summed E-state index contributed by atoms with van der Waals surface area (Å²) in [6.45, 7) is 1.36. The van der Waals surface area contributed by atoms with E-state index in [0.29, 0.717) is 60.4 Å². The quantitative estimate of drug-likeness (QED) is 0.360. The van der Waals surface area contributed by atoms with E-state index in [2.05, 4.69) is 19.2 Å². The van der Waals surface area contributed by atoms with Gasteiger partial charge in [-0.3, -0.25) is 0 Å². The summed E-state index contributed by atoms with van der Waals surface area (Å²) in [5.74, 6) is 0.607. The summed E-state index contributed by atoms with van der Waals surface area (Å²) in [5, 5.41) is 12.3. The van der Waals surface area contributed by atoms with Crippen molar-refractivity contribution in [3.8, 4) is 16.9 Å². The number of hydrogen-bond acceptors (Lipinski definition) is 8. The first kappa shape index (κ1) is 26.2. The van der Waals surface area contributed by atoms with E-state index in [4.69, 9.17) is 17.3 Å². The Labute approximate surface area is 231 Å². The van der Waals surface area contributed by atoms with Crippen LogP contribution in [0.4, 0.5) is 16.2 Å². The predicted molar refractivity (Wildman–Crippen MR) is 156 cm³/mol. The van der Waals surface area contributed by atoms with Crippen LogP contribution in [0, 0.1) is 5.82 Å². The maximum Gasteiger partial charge on any atom is 0.228 e. The van der Waals surface area contributed by atoms with Gasteiger partial charge >= 0.3 is 0 Å². The molecule has 8 nitrogen and oxygen atoms in total. The van der Waals surface area contributed by atoms with E-state index in [1.807, 2.05) is 43.3 Å². The zero-order chi connectivity index (χ0) is 27.5. The van der Waals surface area contributed by atoms with Gasteiger partial charge in [0.05, 0.1) is 20.1 Å². The third-order valence-electron chi connectivity index (χ3n) is 7.71. The van der Waals surface area contributed by atoms with E-state index in [-0.39, 0.29) is 33.7 Å². The summed E-state index contributed by atoms with van der Waals surface area (Å²) in [6.07, 6.45) is 1.22. The Balaban J connectivity index is 1.58. The second kappa shape index (κ2) is 9.85. The van der Waals surface area contributed by atoms with E-state index in [1.165, 1.54) is 6.07 Å². The first-order chi connectivity index (χ1) is 18.6. The van der Waals surface area contributed by atoms with Gasteiger partial charge in [-0.15, -0.1) is 0 Å². The molecular weight excluding hydrogens is 539 g/mol. The van der Waals surface area contributed by atoms with Crippen LogP contribution >= 0.6 is 11.6 Å². The summed E-state index contributed by atoms with van der Waals surface area (Å²) < 4.78 is 34.8. The molecule has 3 heterocycles. The highest BCUT2D eigenvalue weighted by molar-refractivity contribution is 7.93. The fraction of sp³-hybridized carbons (Fsp3) is 0.357. The molecular formula is C28H30ClFN6O2S. The van der Waals surface area contributed by atoms with Gasteiger partial charge in [-0.25, -0.2) is 13.6 Å². The number of phenols is 1. The second-order valence-corrected chi connectivity index (χ2v) is 13.6. The Morgan fingerprint density at radius 2 is 1.85 bits per heavy atom. The number of fused-ring (bicyclic) bond motifs is 2. The average Bonchev–Trinajstić information content (AvgIpc) is 2.85. The molecule has 2 saturated heterocycles. The second-order valence-electron chi connectivity index (χ2n) is 10.6. The maximum atomic E-state index is 16.5. The molecule has 2 fully saturated rings. The molecule has 1 aromatic heterocycles. The van der Waals surface area contributed by atoms with E-state index in [1.54, 1.807) is 12.1 Å². The topological polar surface area (TPSA) is 108 Å². The highest BCUT2D eigenvalue weighted by atomic mass is 35.5. The molecule has 0 radical (unpaired) electrons. The highest BCUT2D eigenvalue weighted by Crippen LogP contribution is 2.42. The van der Waals surface area contributed by atoms with Crippen LogP contribution in [-0.2, 0) is 9.73 Å². The molecule has 0 bridgehead atoms. The van der Waals surface area contributed by atoms with Gasteiger partial charge < -0.3 is 20.6 Å². The molecule has 0 saturated carbocycles. The Morgan fingerprint density at radius 3 is 2.56 bits per heavy atom. The lowest BCUT2D eigenvalue weighted by Gasteiger charge is -2.42. The average molecular weight is 569 g/mol. The zero-order valence-electron chi connectivity index (χ0n) is 21.8. The number of rotatable bonds is 4. The predicted octanol–water partition coefficient (Wildman–Crippen LogP) is 4.92. The third-order valence-corrected chi connectivity index (χ3v) is 10.3. The SMILES string of the molecule is CN(C)C1CN(c2nc(N=[S@]3(=O)CC[C@H](N)CC3)c3cc(Cl)c(-c4cc(O)cc5ccccc45)c(F)c3n2)C1. The van der Waals surface area contributed by atoms with Crippen LogP contribution in [0.25, 0.3) is 32.8 Å². The molecule has 0 amide bonds. The largest absolute Gasteiger partial charge is 0.508 e. The Bertz CT molecular complexity index is 1720. The van der Waals surface area contributed by atoms with Crippen molar-refractivity contribution < 1.29 is 13.7 Å². The first-order valence-electron chi connectivity index (χ1n) is 12.9. The van der Waals surface area contributed by atoms with Crippen molar-refractivity contribution in [2.75, 3.05) is 43.6 Å². The van der Waals surface area contributed by atoms with Crippen LogP contribution in [0.1, 0.15) is 12.8 Å². The first-order valence-corrected chi connectivity index (χ1v) is 15.2.